The van der Waals surface area contributed by atoms with E-state index in [0.717, 1.165) is 54.7 Å². The second-order valence-electron chi connectivity index (χ2n) is 6.80. The average molecular weight is 393 g/mol. The van der Waals surface area contributed by atoms with Gasteiger partial charge in [-0.1, -0.05) is 49.4 Å². The Balaban J connectivity index is 1.49. The fourth-order valence-corrected chi connectivity index (χ4v) is 4.24. The van der Waals surface area contributed by atoms with Gasteiger partial charge in [0.1, 0.15) is 10.7 Å². The number of hydrogen-bond donors (Lipinski definition) is 1. The average Bonchev–Trinajstić information content (AvgIpc) is 3.25. The summed E-state index contributed by atoms with van der Waals surface area (Å²) in [5.41, 5.74) is 3.40. The standard InChI is InChI=1S/C22H24N4OS/c1-2-25-12-14-26(15-13-25)20-11-7-6-10-18(20)23-21(27)19-16-28-22(24-19)17-8-4-3-5-9-17/h3-11,16H,2,12-15H2,1H3,(H,23,27). The molecule has 0 unspecified atom stereocenters. The van der Waals surface area contributed by atoms with Crippen molar-refractivity contribution < 1.29 is 4.79 Å². The highest BCUT2D eigenvalue weighted by Crippen LogP contribution is 2.28. The number of aromatic nitrogens is 1. The van der Waals surface area contributed by atoms with Gasteiger partial charge in [-0.15, -0.1) is 11.3 Å². The van der Waals surface area contributed by atoms with Crippen molar-refractivity contribution in [3.05, 3.63) is 65.7 Å². The highest BCUT2D eigenvalue weighted by molar-refractivity contribution is 7.13. The molecule has 6 heteroatoms. The maximum Gasteiger partial charge on any atom is 0.275 e. The van der Waals surface area contributed by atoms with Crippen LogP contribution in [0.2, 0.25) is 0 Å². The maximum atomic E-state index is 12.8. The Bertz CT molecular complexity index is 932. The Morgan fingerprint density at radius 2 is 1.75 bits per heavy atom. The third kappa shape index (κ3) is 4.08. The van der Waals surface area contributed by atoms with Crippen molar-refractivity contribution in [2.24, 2.45) is 0 Å². The molecule has 1 saturated heterocycles. The molecule has 1 aliphatic heterocycles. The van der Waals surface area contributed by atoms with E-state index in [-0.39, 0.29) is 5.91 Å². The van der Waals surface area contributed by atoms with Crippen LogP contribution in [0.25, 0.3) is 10.6 Å². The first-order valence-electron chi connectivity index (χ1n) is 9.63. The molecule has 3 aromatic rings. The van der Waals surface area contributed by atoms with Crippen molar-refractivity contribution in [3.8, 4) is 10.6 Å². The maximum absolute atomic E-state index is 12.8. The summed E-state index contributed by atoms with van der Waals surface area (Å²) < 4.78 is 0. The number of rotatable bonds is 5. The molecular formula is C22H24N4OS. The third-order valence-corrected chi connectivity index (χ3v) is 5.96. The minimum Gasteiger partial charge on any atom is -0.367 e. The van der Waals surface area contributed by atoms with Crippen molar-refractivity contribution in [3.63, 3.8) is 0 Å². The molecular weight excluding hydrogens is 368 g/mol. The van der Waals surface area contributed by atoms with Gasteiger partial charge in [-0.05, 0) is 18.7 Å². The van der Waals surface area contributed by atoms with Gasteiger partial charge in [0.25, 0.3) is 5.91 Å². The molecule has 0 saturated carbocycles. The lowest BCUT2D eigenvalue weighted by Gasteiger charge is -2.36. The van der Waals surface area contributed by atoms with Crippen LogP contribution in [0.4, 0.5) is 11.4 Å². The fourth-order valence-electron chi connectivity index (χ4n) is 3.44. The minimum atomic E-state index is -0.168. The molecule has 0 radical (unpaired) electrons. The van der Waals surface area contributed by atoms with E-state index < -0.39 is 0 Å². The van der Waals surface area contributed by atoms with Crippen LogP contribution in [-0.4, -0.2) is 48.5 Å². The van der Waals surface area contributed by atoms with Gasteiger partial charge in [0.15, 0.2) is 0 Å². The predicted molar refractivity (Wildman–Crippen MR) is 116 cm³/mol. The fraction of sp³-hybridized carbons (Fsp3) is 0.273. The lowest BCUT2D eigenvalue weighted by molar-refractivity contribution is 0.102. The van der Waals surface area contributed by atoms with Crippen LogP contribution >= 0.6 is 11.3 Å². The molecule has 1 fully saturated rings. The SMILES string of the molecule is CCN1CCN(c2ccccc2NC(=O)c2csc(-c3ccccc3)n2)CC1. The number of anilines is 2. The van der Waals surface area contributed by atoms with E-state index in [0.29, 0.717) is 5.69 Å². The first kappa shape index (κ1) is 18.7. The molecule has 2 aromatic carbocycles. The molecule has 2 heterocycles. The Kier molecular flexibility index (Phi) is 5.69. The predicted octanol–water partition coefficient (Wildman–Crippen LogP) is 4.20. The Morgan fingerprint density at radius 3 is 2.50 bits per heavy atom. The van der Waals surface area contributed by atoms with Crippen molar-refractivity contribution in [1.82, 2.24) is 9.88 Å². The van der Waals surface area contributed by atoms with Crippen LogP contribution in [0.15, 0.2) is 60.0 Å². The van der Waals surface area contributed by atoms with Gasteiger partial charge < -0.3 is 15.1 Å². The van der Waals surface area contributed by atoms with E-state index in [4.69, 9.17) is 0 Å². The summed E-state index contributed by atoms with van der Waals surface area (Å²) in [6.07, 6.45) is 0. The Hall–Kier alpha value is -2.70. The van der Waals surface area contributed by atoms with E-state index in [9.17, 15) is 4.79 Å². The van der Waals surface area contributed by atoms with Gasteiger partial charge in [0, 0.05) is 37.1 Å². The Morgan fingerprint density at radius 1 is 1.04 bits per heavy atom. The van der Waals surface area contributed by atoms with E-state index >= 15 is 0 Å². The molecule has 0 spiro atoms. The van der Waals surface area contributed by atoms with Crippen molar-refractivity contribution in [2.75, 3.05) is 42.9 Å². The number of piperazine rings is 1. The summed E-state index contributed by atoms with van der Waals surface area (Å²) in [5.74, 6) is -0.168. The molecule has 1 N–H and O–H groups in total. The second-order valence-corrected chi connectivity index (χ2v) is 7.65. The largest absolute Gasteiger partial charge is 0.367 e. The molecule has 0 atom stereocenters. The van der Waals surface area contributed by atoms with Gasteiger partial charge >= 0.3 is 0 Å². The minimum absolute atomic E-state index is 0.168. The Labute approximate surface area is 169 Å². The van der Waals surface area contributed by atoms with Crippen LogP contribution in [0, 0.1) is 0 Å². The zero-order valence-electron chi connectivity index (χ0n) is 16.0. The summed E-state index contributed by atoms with van der Waals surface area (Å²) in [4.78, 5) is 22.1. The summed E-state index contributed by atoms with van der Waals surface area (Å²) in [6, 6.07) is 18.0. The summed E-state index contributed by atoms with van der Waals surface area (Å²) >= 11 is 1.49. The first-order chi connectivity index (χ1) is 13.7. The monoisotopic (exact) mass is 392 g/mol. The van der Waals surface area contributed by atoms with Gasteiger partial charge in [-0.25, -0.2) is 4.98 Å². The number of carbonyl (C=O) groups excluding carboxylic acids is 1. The number of carbonyl (C=O) groups is 1. The normalized spacial score (nSPS) is 14.8. The van der Waals surface area contributed by atoms with Crippen LogP contribution in [0.5, 0.6) is 0 Å². The van der Waals surface area contributed by atoms with Crippen LogP contribution in [0.1, 0.15) is 17.4 Å². The number of hydrogen-bond acceptors (Lipinski definition) is 5. The quantitative estimate of drug-likeness (QED) is 0.707. The third-order valence-electron chi connectivity index (χ3n) is 5.07. The van der Waals surface area contributed by atoms with E-state index in [2.05, 4.69) is 33.1 Å². The molecule has 5 nitrogen and oxygen atoms in total. The number of thiazole rings is 1. The van der Waals surface area contributed by atoms with E-state index in [1.807, 2.05) is 53.9 Å². The van der Waals surface area contributed by atoms with Crippen molar-refractivity contribution >= 4 is 28.6 Å². The number of para-hydroxylation sites is 2. The smallest absolute Gasteiger partial charge is 0.275 e. The van der Waals surface area contributed by atoms with Crippen LogP contribution in [0.3, 0.4) is 0 Å². The van der Waals surface area contributed by atoms with Crippen LogP contribution in [-0.2, 0) is 0 Å². The molecule has 1 aromatic heterocycles. The van der Waals surface area contributed by atoms with E-state index in [1.165, 1.54) is 11.3 Å². The van der Waals surface area contributed by atoms with Gasteiger partial charge in [0.2, 0.25) is 0 Å². The molecule has 0 bridgehead atoms. The molecule has 28 heavy (non-hydrogen) atoms. The molecule has 1 amide bonds. The first-order valence-corrected chi connectivity index (χ1v) is 10.5. The highest BCUT2D eigenvalue weighted by Gasteiger charge is 2.20. The van der Waals surface area contributed by atoms with Crippen molar-refractivity contribution in [2.45, 2.75) is 6.92 Å². The highest BCUT2D eigenvalue weighted by atomic mass is 32.1. The lowest BCUT2D eigenvalue weighted by Crippen LogP contribution is -2.46. The molecule has 4 rings (SSSR count). The topological polar surface area (TPSA) is 48.5 Å². The molecule has 144 valence electrons. The van der Waals surface area contributed by atoms with Crippen LogP contribution < -0.4 is 10.2 Å². The zero-order chi connectivity index (χ0) is 19.3. The number of nitrogens with zero attached hydrogens (tertiary/aromatic N) is 3. The number of benzene rings is 2. The number of nitrogens with one attached hydrogen (secondary N) is 1. The van der Waals surface area contributed by atoms with Gasteiger partial charge in [-0.2, -0.15) is 0 Å². The van der Waals surface area contributed by atoms with E-state index in [1.54, 1.807) is 0 Å². The number of likely N-dealkylation sites (N-methyl/N-ethyl adjacent to an activating group) is 1. The van der Waals surface area contributed by atoms with Crippen molar-refractivity contribution in [1.29, 1.82) is 0 Å². The van der Waals surface area contributed by atoms with Gasteiger partial charge in [0.05, 0.1) is 11.4 Å². The lowest BCUT2D eigenvalue weighted by atomic mass is 10.2. The van der Waals surface area contributed by atoms with Gasteiger partial charge in [-0.3, -0.25) is 4.79 Å². The summed E-state index contributed by atoms with van der Waals surface area (Å²) in [6.45, 7) is 7.31. The second kappa shape index (κ2) is 8.54. The zero-order valence-corrected chi connectivity index (χ0v) is 16.8. The summed E-state index contributed by atoms with van der Waals surface area (Å²) in [7, 11) is 0. The molecule has 0 aliphatic carbocycles. The number of amides is 1. The molecule has 1 aliphatic rings. The summed E-state index contributed by atoms with van der Waals surface area (Å²) in [5, 5.41) is 5.74.